The molecule has 1 aliphatic heterocycles. The number of urea groups is 1. The molecule has 7 heteroatoms. The fourth-order valence-corrected chi connectivity index (χ4v) is 3.19. The Kier molecular flexibility index (Phi) is 6.60. The minimum absolute atomic E-state index is 0.0793. The number of nitrogens with zero attached hydrogens (tertiary/aromatic N) is 4. The van der Waals surface area contributed by atoms with Gasteiger partial charge in [-0.05, 0) is 25.0 Å². The number of carbonyl (C=O) groups excluding carboxylic acids is 1. The first kappa shape index (κ1) is 18.4. The van der Waals surface area contributed by atoms with E-state index in [9.17, 15) is 4.79 Å². The molecule has 0 aliphatic carbocycles. The van der Waals surface area contributed by atoms with E-state index in [0.717, 1.165) is 37.4 Å². The minimum Gasteiger partial charge on any atom is -0.376 e. The molecular formula is C19H27N5O2. The molecule has 0 saturated carbocycles. The quantitative estimate of drug-likeness (QED) is 0.786. The van der Waals surface area contributed by atoms with Gasteiger partial charge in [0.2, 0.25) is 0 Å². The monoisotopic (exact) mass is 357 g/mol. The number of pyridine rings is 1. The average Bonchev–Trinajstić information content (AvgIpc) is 3.33. The Morgan fingerprint density at radius 2 is 2.31 bits per heavy atom. The summed E-state index contributed by atoms with van der Waals surface area (Å²) in [7, 11) is 0. The van der Waals surface area contributed by atoms with Crippen molar-refractivity contribution >= 4 is 6.03 Å². The van der Waals surface area contributed by atoms with Crippen molar-refractivity contribution in [2.24, 2.45) is 0 Å². The number of amides is 2. The molecule has 1 N–H and O–H groups in total. The van der Waals surface area contributed by atoms with E-state index in [2.05, 4.69) is 26.8 Å². The van der Waals surface area contributed by atoms with E-state index in [0.29, 0.717) is 26.2 Å². The van der Waals surface area contributed by atoms with E-state index in [1.54, 1.807) is 17.3 Å². The molecule has 0 unspecified atom stereocenters. The third-order valence-electron chi connectivity index (χ3n) is 4.56. The molecule has 0 radical (unpaired) electrons. The third kappa shape index (κ3) is 5.05. The van der Waals surface area contributed by atoms with Gasteiger partial charge in [-0.25, -0.2) is 9.78 Å². The normalized spacial score (nSPS) is 16.6. The van der Waals surface area contributed by atoms with Crippen molar-refractivity contribution in [3.05, 3.63) is 48.3 Å². The second-order valence-corrected chi connectivity index (χ2v) is 6.46. The zero-order valence-electron chi connectivity index (χ0n) is 15.3. The van der Waals surface area contributed by atoms with Gasteiger partial charge in [-0.15, -0.1) is 0 Å². The summed E-state index contributed by atoms with van der Waals surface area (Å²) in [5.74, 6) is 1.03. The highest BCUT2D eigenvalue weighted by Crippen LogP contribution is 2.14. The van der Waals surface area contributed by atoms with Gasteiger partial charge < -0.3 is 19.5 Å². The van der Waals surface area contributed by atoms with E-state index in [1.807, 2.05) is 24.4 Å². The van der Waals surface area contributed by atoms with E-state index < -0.39 is 0 Å². The highest BCUT2D eigenvalue weighted by Gasteiger charge is 2.23. The molecule has 2 aromatic rings. The van der Waals surface area contributed by atoms with Crippen LogP contribution in [0.25, 0.3) is 0 Å². The number of ether oxygens (including phenoxy) is 1. The predicted molar refractivity (Wildman–Crippen MR) is 98.6 cm³/mol. The highest BCUT2D eigenvalue weighted by molar-refractivity contribution is 5.74. The van der Waals surface area contributed by atoms with Crippen molar-refractivity contribution < 1.29 is 9.53 Å². The summed E-state index contributed by atoms with van der Waals surface area (Å²) in [6.45, 7) is 5.21. The van der Waals surface area contributed by atoms with Gasteiger partial charge in [0.15, 0.2) is 0 Å². The smallest absolute Gasteiger partial charge is 0.317 e. The maximum atomic E-state index is 12.7. The number of imidazole rings is 1. The maximum Gasteiger partial charge on any atom is 0.317 e. The molecule has 0 aromatic carbocycles. The Labute approximate surface area is 154 Å². The van der Waals surface area contributed by atoms with E-state index >= 15 is 0 Å². The van der Waals surface area contributed by atoms with Crippen LogP contribution in [-0.4, -0.2) is 51.3 Å². The summed E-state index contributed by atoms with van der Waals surface area (Å²) in [5, 5.41) is 3.02. The summed E-state index contributed by atoms with van der Waals surface area (Å²) in [4.78, 5) is 23.2. The number of hydrogen-bond donors (Lipinski definition) is 1. The molecule has 1 atom stereocenters. The summed E-state index contributed by atoms with van der Waals surface area (Å²) < 4.78 is 7.78. The van der Waals surface area contributed by atoms with Crippen LogP contribution in [0.4, 0.5) is 4.79 Å². The van der Waals surface area contributed by atoms with E-state index in [-0.39, 0.29) is 12.1 Å². The first-order valence-electron chi connectivity index (χ1n) is 9.30. The van der Waals surface area contributed by atoms with Gasteiger partial charge in [0, 0.05) is 51.3 Å². The fourth-order valence-electron chi connectivity index (χ4n) is 3.19. The summed E-state index contributed by atoms with van der Waals surface area (Å²) in [6.07, 6.45) is 8.55. The number of aromatic nitrogens is 3. The van der Waals surface area contributed by atoms with Crippen LogP contribution < -0.4 is 5.32 Å². The number of rotatable bonds is 8. The zero-order chi connectivity index (χ0) is 18.2. The van der Waals surface area contributed by atoms with Gasteiger partial charge in [0.1, 0.15) is 5.82 Å². The number of carbonyl (C=O) groups is 1. The summed E-state index contributed by atoms with van der Waals surface area (Å²) in [6, 6.07) is 5.68. The molecule has 3 heterocycles. The van der Waals surface area contributed by atoms with E-state index in [1.165, 1.54) is 0 Å². The van der Waals surface area contributed by atoms with Crippen LogP contribution in [0.1, 0.15) is 31.3 Å². The van der Waals surface area contributed by atoms with Crippen LogP contribution in [0.15, 0.2) is 36.8 Å². The number of nitrogens with one attached hydrogen (secondary N) is 1. The fraction of sp³-hybridized carbons (Fsp3) is 0.526. The summed E-state index contributed by atoms with van der Waals surface area (Å²) in [5.41, 5.74) is 0.878. The molecule has 2 amide bonds. The van der Waals surface area contributed by atoms with Gasteiger partial charge >= 0.3 is 6.03 Å². The Morgan fingerprint density at radius 1 is 1.38 bits per heavy atom. The molecule has 7 nitrogen and oxygen atoms in total. The molecule has 2 aromatic heterocycles. The van der Waals surface area contributed by atoms with Gasteiger partial charge in [-0.1, -0.05) is 13.0 Å². The van der Waals surface area contributed by atoms with Crippen LogP contribution in [0.5, 0.6) is 0 Å². The average molecular weight is 357 g/mol. The zero-order valence-corrected chi connectivity index (χ0v) is 15.3. The third-order valence-corrected chi connectivity index (χ3v) is 4.56. The predicted octanol–water partition coefficient (Wildman–Crippen LogP) is 2.23. The van der Waals surface area contributed by atoms with Gasteiger partial charge in [0.25, 0.3) is 0 Å². The maximum absolute atomic E-state index is 12.7. The highest BCUT2D eigenvalue weighted by atomic mass is 16.5. The lowest BCUT2D eigenvalue weighted by Gasteiger charge is -2.25. The molecule has 1 aliphatic rings. The van der Waals surface area contributed by atoms with Crippen LogP contribution in [0.2, 0.25) is 0 Å². The second-order valence-electron chi connectivity index (χ2n) is 6.46. The van der Waals surface area contributed by atoms with Crippen molar-refractivity contribution in [2.45, 2.75) is 45.4 Å². The molecule has 3 rings (SSSR count). The first-order chi connectivity index (χ1) is 12.8. The molecule has 140 valence electrons. The number of aryl methyl sites for hydroxylation is 1. The Bertz CT molecular complexity index is 682. The second kappa shape index (κ2) is 9.33. The lowest BCUT2D eigenvalue weighted by atomic mass is 10.2. The van der Waals surface area contributed by atoms with Crippen molar-refractivity contribution in [2.75, 3.05) is 19.7 Å². The lowest BCUT2D eigenvalue weighted by molar-refractivity contribution is 0.0791. The van der Waals surface area contributed by atoms with Crippen LogP contribution >= 0.6 is 0 Å². The standard InChI is InChI=1S/C19H27N5O2/c1-2-18-21-9-11-23(18)12-10-22-19(25)24(15-17-7-5-13-26-17)14-16-6-3-4-8-20-16/h3-4,6,8-9,11,17H,2,5,7,10,12-15H2,1H3,(H,22,25)/t17-/m0/s1. The van der Waals surface area contributed by atoms with Gasteiger partial charge in [-0.3, -0.25) is 4.98 Å². The van der Waals surface area contributed by atoms with Gasteiger partial charge in [0.05, 0.1) is 18.3 Å². The first-order valence-corrected chi connectivity index (χ1v) is 9.30. The van der Waals surface area contributed by atoms with Crippen molar-refractivity contribution in [1.29, 1.82) is 0 Å². The molecule has 0 bridgehead atoms. The number of hydrogen-bond acceptors (Lipinski definition) is 4. The van der Waals surface area contributed by atoms with Crippen molar-refractivity contribution in [1.82, 2.24) is 24.8 Å². The minimum atomic E-state index is -0.0793. The SMILES string of the molecule is CCc1nccn1CCNC(=O)N(Cc1ccccn1)C[C@@H]1CCCO1. The topological polar surface area (TPSA) is 72.3 Å². The lowest BCUT2D eigenvalue weighted by Crippen LogP contribution is -2.44. The van der Waals surface area contributed by atoms with Crippen molar-refractivity contribution in [3.63, 3.8) is 0 Å². The molecule has 26 heavy (non-hydrogen) atoms. The molecular weight excluding hydrogens is 330 g/mol. The van der Waals surface area contributed by atoms with Crippen LogP contribution in [0, 0.1) is 0 Å². The van der Waals surface area contributed by atoms with Crippen LogP contribution in [0.3, 0.4) is 0 Å². The Hall–Kier alpha value is -2.41. The van der Waals surface area contributed by atoms with Crippen LogP contribution in [-0.2, 0) is 24.2 Å². The van der Waals surface area contributed by atoms with Gasteiger partial charge in [-0.2, -0.15) is 0 Å². The van der Waals surface area contributed by atoms with E-state index in [4.69, 9.17) is 4.74 Å². The Balaban J connectivity index is 1.56. The molecule has 0 spiro atoms. The largest absolute Gasteiger partial charge is 0.376 e. The van der Waals surface area contributed by atoms with Crippen molar-refractivity contribution in [3.8, 4) is 0 Å². The Morgan fingerprint density at radius 3 is 3.04 bits per heavy atom. The molecule has 1 saturated heterocycles. The summed E-state index contributed by atoms with van der Waals surface area (Å²) >= 11 is 0. The molecule has 1 fully saturated rings.